The van der Waals surface area contributed by atoms with Crippen LogP contribution in [-0.2, 0) is 24.8 Å². The smallest absolute Gasteiger partial charge is 0.421 e. The molecular weight excluding hydrogens is 469 g/mol. The fraction of sp³-hybridized carbons (Fsp3) is 0.259. The molecule has 0 fully saturated rings. The number of rotatable bonds is 5. The van der Waals surface area contributed by atoms with Crippen LogP contribution in [0.3, 0.4) is 0 Å². The van der Waals surface area contributed by atoms with E-state index in [1.807, 2.05) is 0 Å². The average Bonchev–Trinajstić information content (AvgIpc) is 3.05. The van der Waals surface area contributed by atoms with Gasteiger partial charge in [-0.2, -0.15) is 0 Å². The monoisotopic (exact) mass is 495 g/mol. The summed E-state index contributed by atoms with van der Waals surface area (Å²) < 4.78 is 46.3. The van der Waals surface area contributed by atoms with Crippen LogP contribution < -0.4 is 4.90 Å². The topological polar surface area (TPSA) is 80.8 Å². The maximum atomic E-state index is 14.5. The summed E-state index contributed by atoms with van der Waals surface area (Å²) in [6, 6.07) is 20.2. The summed E-state index contributed by atoms with van der Waals surface area (Å²) >= 11 is 0. The molecule has 0 radical (unpaired) electrons. The van der Waals surface area contributed by atoms with E-state index in [2.05, 4.69) is 0 Å². The lowest BCUT2D eigenvalue weighted by atomic mass is 9.73. The second-order valence-corrected chi connectivity index (χ2v) is 11.5. The normalized spacial score (nSPS) is 17.8. The Morgan fingerprint density at radius 1 is 0.971 bits per heavy atom. The number of anilines is 1. The van der Waals surface area contributed by atoms with Crippen LogP contribution in [0.1, 0.15) is 38.3 Å². The first-order valence-corrected chi connectivity index (χ1v) is 12.8. The summed E-state index contributed by atoms with van der Waals surface area (Å²) in [5.74, 6) is -1.67. The van der Waals surface area contributed by atoms with Gasteiger partial charge in [0.25, 0.3) is 5.91 Å². The minimum Gasteiger partial charge on any atom is -0.443 e. The van der Waals surface area contributed by atoms with E-state index < -0.39 is 44.4 Å². The summed E-state index contributed by atoms with van der Waals surface area (Å²) in [5.41, 5.74) is -1.62. The van der Waals surface area contributed by atoms with Crippen molar-refractivity contribution in [3.05, 3.63) is 95.8 Å². The molecule has 0 spiro atoms. The van der Waals surface area contributed by atoms with E-state index in [4.69, 9.17) is 4.74 Å². The highest BCUT2D eigenvalue weighted by atomic mass is 32.2. The SMILES string of the molecule is CC(C)(C)OC(=O)N1C(=O)[C@](CCS(=O)(=O)c2ccccc2)(c2ccccc2)c2cc(F)ccc21. The number of imide groups is 1. The summed E-state index contributed by atoms with van der Waals surface area (Å²) in [6.07, 6.45) is -1.10. The van der Waals surface area contributed by atoms with Gasteiger partial charge in [0.2, 0.25) is 0 Å². The van der Waals surface area contributed by atoms with Crippen molar-refractivity contribution in [2.24, 2.45) is 0 Å². The lowest BCUT2D eigenvalue weighted by Crippen LogP contribution is -2.46. The van der Waals surface area contributed by atoms with E-state index in [1.54, 1.807) is 69.3 Å². The third kappa shape index (κ3) is 4.58. The highest BCUT2D eigenvalue weighted by Crippen LogP contribution is 2.49. The van der Waals surface area contributed by atoms with Crippen LogP contribution in [0.4, 0.5) is 14.9 Å². The van der Waals surface area contributed by atoms with Crippen molar-refractivity contribution in [1.29, 1.82) is 0 Å². The third-order valence-corrected chi connectivity index (χ3v) is 7.65. The molecule has 182 valence electrons. The number of carbonyl (C=O) groups is 2. The van der Waals surface area contributed by atoms with Crippen molar-refractivity contribution in [2.45, 2.75) is 43.1 Å². The minimum absolute atomic E-state index is 0.122. The molecule has 3 aromatic rings. The van der Waals surface area contributed by atoms with E-state index in [9.17, 15) is 22.4 Å². The number of fused-ring (bicyclic) bond motifs is 1. The van der Waals surface area contributed by atoms with Crippen LogP contribution in [0.2, 0.25) is 0 Å². The summed E-state index contributed by atoms with van der Waals surface area (Å²) in [5, 5.41) is 0. The number of carbonyl (C=O) groups excluding carboxylic acids is 2. The number of halogens is 1. The molecule has 4 rings (SSSR count). The maximum absolute atomic E-state index is 14.5. The van der Waals surface area contributed by atoms with Gasteiger partial charge >= 0.3 is 6.09 Å². The highest BCUT2D eigenvalue weighted by Gasteiger charge is 2.55. The van der Waals surface area contributed by atoms with Crippen molar-refractivity contribution >= 4 is 27.5 Å². The summed E-state index contributed by atoms with van der Waals surface area (Å²) in [7, 11) is -3.78. The molecule has 35 heavy (non-hydrogen) atoms. The van der Waals surface area contributed by atoms with Gasteiger partial charge in [-0.1, -0.05) is 48.5 Å². The first-order chi connectivity index (χ1) is 16.5. The highest BCUT2D eigenvalue weighted by molar-refractivity contribution is 7.91. The van der Waals surface area contributed by atoms with Crippen molar-refractivity contribution in [2.75, 3.05) is 10.7 Å². The number of hydrogen-bond acceptors (Lipinski definition) is 5. The Morgan fingerprint density at radius 3 is 2.17 bits per heavy atom. The molecular formula is C27H26FNO5S. The molecule has 0 unspecified atom stereocenters. The predicted molar refractivity (Wildman–Crippen MR) is 130 cm³/mol. The molecule has 1 heterocycles. The Bertz CT molecular complexity index is 1370. The van der Waals surface area contributed by atoms with Gasteiger partial charge in [-0.3, -0.25) is 4.79 Å². The first kappa shape index (κ1) is 24.6. The molecule has 0 saturated carbocycles. The zero-order chi connectivity index (χ0) is 25.4. The molecule has 1 aliphatic heterocycles. The van der Waals surface area contributed by atoms with Gasteiger partial charge in [-0.25, -0.2) is 22.5 Å². The van der Waals surface area contributed by atoms with Crippen LogP contribution in [0.15, 0.2) is 83.8 Å². The van der Waals surface area contributed by atoms with Crippen molar-refractivity contribution in [1.82, 2.24) is 0 Å². The number of benzene rings is 3. The fourth-order valence-electron chi connectivity index (χ4n) is 4.37. The number of ether oxygens (including phenoxy) is 1. The zero-order valence-corrected chi connectivity index (χ0v) is 20.5. The van der Waals surface area contributed by atoms with Gasteiger partial charge in [-0.15, -0.1) is 0 Å². The molecule has 8 heteroatoms. The van der Waals surface area contributed by atoms with Gasteiger partial charge in [0.15, 0.2) is 9.84 Å². The van der Waals surface area contributed by atoms with E-state index in [1.165, 1.54) is 24.3 Å². The fourth-order valence-corrected chi connectivity index (χ4v) is 5.75. The first-order valence-electron chi connectivity index (χ1n) is 11.2. The lowest BCUT2D eigenvalue weighted by Gasteiger charge is -2.30. The Morgan fingerprint density at radius 2 is 1.57 bits per heavy atom. The van der Waals surface area contributed by atoms with Crippen LogP contribution >= 0.6 is 0 Å². The summed E-state index contributed by atoms with van der Waals surface area (Å²) in [4.78, 5) is 28.2. The van der Waals surface area contributed by atoms with Gasteiger partial charge in [0, 0.05) is 0 Å². The quantitative estimate of drug-likeness (QED) is 0.483. The van der Waals surface area contributed by atoms with Crippen molar-refractivity contribution in [3.8, 4) is 0 Å². The minimum atomic E-state index is -3.78. The van der Waals surface area contributed by atoms with Gasteiger partial charge < -0.3 is 4.74 Å². The molecule has 1 aliphatic rings. The zero-order valence-electron chi connectivity index (χ0n) is 19.7. The van der Waals surface area contributed by atoms with Crippen LogP contribution in [0.5, 0.6) is 0 Å². The Hall–Kier alpha value is -3.52. The molecule has 3 aromatic carbocycles. The van der Waals surface area contributed by atoms with E-state index >= 15 is 0 Å². The van der Waals surface area contributed by atoms with Gasteiger partial charge in [-0.05, 0) is 68.7 Å². The number of nitrogens with zero attached hydrogens (tertiary/aromatic N) is 1. The van der Waals surface area contributed by atoms with Crippen LogP contribution in [-0.4, -0.2) is 31.8 Å². The number of hydrogen-bond donors (Lipinski definition) is 0. The Balaban J connectivity index is 1.87. The van der Waals surface area contributed by atoms with E-state index in [-0.39, 0.29) is 22.6 Å². The van der Waals surface area contributed by atoms with E-state index in [0.717, 1.165) is 11.0 Å². The molecule has 2 amide bonds. The summed E-state index contributed by atoms with van der Waals surface area (Å²) in [6.45, 7) is 5.02. The molecule has 0 bridgehead atoms. The molecule has 0 N–H and O–H groups in total. The molecule has 0 aromatic heterocycles. The largest absolute Gasteiger partial charge is 0.443 e. The average molecular weight is 496 g/mol. The second-order valence-electron chi connectivity index (χ2n) is 9.44. The Labute approximate surface area is 204 Å². The van der Waals surface area contributed by atoms with E-state index in [0.29, 0.717) is 5.56 Å². The molecule has 6 nitrogen and oxygen atoms in total. The number of sulfone groups is 1. The second kappa shape index (κ2) is 8.92. The van der Waals surface area contributed by atoms with Gasteiger partial charge in [0.1, 0.15) is 16.8 Å². The van der Waals surface area contributed by atoms with Crippen molar-refractivity contribution < 1.29 is 27.1 Å². The Kier molecular flexibility index (Phi) is 6.27. The number of amides is 2. The van der Waals surface area contributed by atoms with Gasteiger partial charge in [0.05, 0.1) is 16.3 Å². The lowest BCUT2D eigenvalue weighted by molar-refractivity contribution is -0.121. The predicted octanol–water partition coefficient (Wildman–Crippen LogP) is 5.26. The maximum Gasteiger partial charge on any atom is 0.421 e. The van der Waals surface area contributed by atoms with Crippen molar-refractivity contribution in [3.63, 3.8) is 0 Å². The van der Waals surface area contributed by atoms with Crippen LogP contribution in [0, 0.1) is 5.82 Å². The van der Waals surface area contributed by atoms with Crippen LogP contribution in [0.25, 0.3) is 0 Å². The molecule has 0 saturated heterocycles. The molecule has 1 atom stereocenters. The third-order valence-electron chi connectivity index (χ3n) is 5.92. The standard InChI is InChI=1S/C27H26FNO5S/c1-26(2,3)34-25(31)29-23-15-14-20(28)18-22(23)27(24(29)30,19-10-6-4-7-11-19)16-17-35(32,33)21-12-8-5-9-13-21/h4-15,18H,16-17H2,1-3H3/t27-/m1/s1. The molecule has 0 aliphatic carbocycles.